The lowest BCUT2D eigenvalue weighted by Crippen LogP contribution is -2.46. The molecule has 1 aromatic rings. The van der Waals surface area contributed by atoms with Gasteiger partial charge in [0.05, 0.1) is 17.9 Å². The molecule has 0 atom stereocenters. The molecule has 0 aromatic heterocycles. The van der Waals surface area contributed by atoms with Crippen LogP contribution in [0.4, 0.5) is 10.1 Å². The van der Waals surface area contributed by atoms with Gasteiger partial charge >= 0.3 is 5.97 Å². The molecular weight excluding hydrogens is 451 g/mol. The number of benzene rings is 1. The molecule has 0 amide bonds. The number of aliphatic carboxylic acids is 1. The monoisotopic (exact) mass is 482 g/mol. The van der Waals surface area contributed by atoms with Crippen molar-refractivity contribution in [3.05, 3.63) is 48.1 Å². The van der Waals surface area contributed by atoms with E-state index in [4.69, 9.17) is 5.84 Å². The summed E-state index contributed by atoms with van der Waals surface area (Å²) in [5, 5.41) is 18.9. The van der Waals surface area contributed by atoms with Crippen LogP contribution in [0.3, 0.4) is 0 Å². The molecule has 1 aliphatic rings. The Morgan fingerprint density at radius 1 is 1.34 bits per heavy atom. The summed E-state index contributed by atoms with van der Waals surface area (Å²) in [6.45, 7) is 9.38. The average molecular weight is 483 g/mol. The highest BCUT2D eigenvalue weighted by atomic mass is 32.2. The van der Waals surface area contributed by atoms with Crippen molar-refractivity contribution < 1.29 is 14.3 Å². The van der Waals surface area contributed by atoms with Crippen molar-refractivity contribution >= 4 is 45.1 Å². The Labute approximate surface area is 197 Å². The highest BCUT2D eigenvalue weighted by Gasteiger charge is 2.22. The molecule has 1 aromatic carbocycles. The number of carboxylic acids is 1. The van der Waals surface area contributed by atoms with Crippen molar-refractivity contribution in [1.82, 2.24) is 15.5 Å². The third-order valence-corrected chi connectivity index (χ3v) is 7.00. The maximum atomic E-state index is 14.9. The number of carbonyl (C=O) groups is 1. The first kappa shape index (κ1) is 25.9. The second kappa shape index (κ2) is 13.2. The van der Waals surface area contributed by atoms with E-state index in [0.29, 0.717) is 36.8 Å². The predicted octanol–water partition coefficient (Wildman–Crippen LogP) is 2.37. The summed E-state index contributed by atoms with van der Waals surface area (Å²) in [6.07, 6.45) is 1.37. The van der Waals surface area contributed by atoms with Crippen LogP contribution in [0.25, 0.3) is 5.57 Å². The number of anilines is 1. The van der Waals surface area contributed by atoms with Gasteiger partial charge in [-0.2, -0.15) is 5.10 Å². The lowest BCUT2D eigenvalue weighted by atomic mass is 10.1. The molecule has 176 valence electrons. The quantitative estimate of drug-likeness (QED) is 0.0761. The fourth-order valence-corrected chi connectivity index (χ4v) is 4.93. The summed E-state index contributed by atoms with van der Waals surface area (Å²) in [4.78, 5) is 15.7. The Morgan fingerprint density at radius 3 is 2.62 bits per heavy atom. The highest BCUT2D eigenvalue weighted by molar-refractivity contribution is 8.38. The van der Waals surface area contributed by atoms with Gasteiger partial charge in [-0.15, -0.1) is 0 Å². The van der Waals surface area contributed by atoms with Crippen LogP contribution >= 0.6 is 23.5 Å². The van der Waals surface area contributed by atoms with E-state index < -0.39 is 11.8 Å². The first-order valence-corrected chi connectivity index (χ1v) is 12.2. The van der Waals surface area contributed by atoms with Crippen molar-refractivity contribution in [2.75, 3.05) is 56.3 Å². The fraction of sp³-hybridized carbons (Fsp3) is 0.429. The fourth-order valence-electron chi connectivity index (χ4n) is 3.19. The van der Waals surface area contributed by atoms with Gasteiger partial charge in [-0.3, -0.25) is 0 Å². The number of hydrogen-bond acceptors (Lipinski definition) is 9. The van der Waals surface area contributed by atoms with Crippen molar-refractivity contribution in [1.29, 1.82) is 0 Å². The van der Waals surface area contributed by atoms with Crippen LogP contribution in [-0.2, 0) is 4.79 Å². The number of hydrogen-bond donors (Lipinski definition) is 4. The summed E-state index contributed by atoms with van der Waals surface area (Å²) >= 11 is 3.18. The summed E-state index contributed by atoms with van der Waals surface area (Å²) < 4.78 is 15.7. The Hall–Kier alpha value is -2.37. The Morgan fingerprint density at radius 2 is 2.06 bits per heavy atom. The van der Waals surface area contributed by atoms with Gasteiger partial charge in [0.1, 0.15) is 10.2 Å². The number of halogens is 1. The predicted molar refractivity (Wildman–Crippen MR) is 134 cm³/mol. The molecule has 1 aliphatic heterocycles. The molecule has 0 spiro atoms. The molecule has 0 unspecified atom stereocenters. The second-order valence-corrected chi connectivity index (χ2v) is 9.40. The molecule has 1 saturated heterocycles. The Balaban J connectivity index is 1.98. The largest absolute Gasteiger partial charge is 0.478 e. The summed E-state index contributed by atoms with van der Waals surface area (Å²) in [7, 11) is 1.74. The minimum absolute atomic E-state index is 0.00550. The van der Waals surface area contributed by atoms with Crippen LogP contribution in [0.15, 0.2) is 41.8 Å². The first-order valence-electron chi connectivity index (χ1n) is 10.2. The van der Waals surface area contributed by atoms with E-state index in [9.17, 15) is 14.3 Å². The SMILES string of the molecule is C=C(CS/C(=N/N)SCC)N1CCN(c2ccc(/C(=C/NCNC)C(=O)O)cc2F)CC1. The van der Waals surface area contributed by atoms with Crippen LogP contribution < -0.4 is 21.4 Å². The molecule has 1 heterocycles. The van der Waals surface area contributed by atoms with Crippen molar-refractivity contribution in [2.45, 2.75) is 6.92 Å². The lowest BCUT2D eigenvalue weighted by Gasteiger charge is -2.38. The van der Waals surface area contributed by atoms with Crippen molar-refractivity contribution in [3.8, 4) is 0 Å². The van der Waals surface area contributed by atoms with E-state index in [2.05, 4.69) is 34.1 Å². The van der Waals surface area contributed by atoms with Gasteiger partial charge in [-0.1, -0.05) is 43.1 Å². The minimum Gasteiger partial charge on any atom is -0.478 e. The molecule has 0 aliphatic carbocycles. The summed E-state index contributed by atoms with van der Waals surface area (Å²) in [5.41, 5.74) is 1.78. The van der Waals surface area contributed by atoms with E-state index >= 15 is 0 Å². The number of piperazine rings is 1. The van der Waals surface area contributed by atoms with Gasteiger partial charge in [0.15, 0.2) is 0 Å². The van der Waals surface area contributed by atoms with Crippen molar-refractivity contribution in [2.24, 2.45) is 10.9 Å². The number of nitrogens with two attached hydrogens (primary N) is 1. The molecule has 5 N–H and O–H groups in total. The van der Waals surface area contributed by atoms with Gasteiger partial charge < -0.3 is 31.4 Å². The Kier molecular flexibility index (Phi) is 10.7. The molecule has 32 heavy (non-hydrogen) atoms. The van der Waals surface area contributed by atoms with Crippen LogP contribution in [0, 0.1) is 5.82 Å². The number of thioether (sulfide) groups is 2. The van der Waals surface area contributed by atoms with Crippen LogP contribution in [0.1, 0.15) is 12.5 Å². The second-order valence-electron chi connectivity index (χ2n) is 6.92. The molecule has 0 saturated carbocycles. The number of nitrogens with zero attached hydrogens (tertiary/aromatic N) is 3. The molecule has 2 rings (SSSR count). The topological polar surface area (TPSA) is 106 Å². The number of carboxylic acid groups (broad SMARTS) is 1. The van der Waals surface area contributed by atoms with Gasteiger partial charge in [0.25, 0.3) is 0 Å². The molecule has 0 radical (unpaired) electrons. The highest BCUT2D eigenvalue weighted by Crippen LogP contribution is 2.26. The molecule has 1 fully saturated rings. The van der Waals surface area contributed by atoms with E-state index in [1.54, 1.807) is 42.7 Å². The summed E-state index contributed by atoms with van der Waals surface area (Å²) in [5.74, 6) is 5.47. The zero-order valence-electron chi connectivity index (χ0n) is 18.4. The molecule has 11 heteroatoms. The van der Waals surface area contributed by atoms with Crippen LogP contribution in [0.5, 0.6) is 0 Å². The zero-order chi connectivity index (χ0) is 23.5. The van der Waals surface area contributed by atoms with Gasteiger partial charge in [-0.25, -0.2) is 9.18 Å². The smallest absolute Gasteiger partial charge is 0.337 e. The van der Waals surface area contributed by atoms with E-state index in [1.807, 2.05) is 4.90 Å². The van der Waals surface area contributed by atoms with Gasteiger partial charge in [-0.05, 0) is 30.5 Å². The van der Waals surface area contributed by atoms with Gasteiger partial charge in [0.2, 0.25) is 0 Å². The maximum absolute atomic E-state index is 14.9. The first-order chi connectivity index (χ1) is 15.4. The minimum atomic E-state index is -1.12. The third kappa shape index (κ3) is 7.35. The standard InChI is InChI=1S/C21H31FN6O2S2/c1-4-31-21(26-23)32-13-15(2)27-7-9-28(10-8-27)19-6-5-16(11-18(19)22)17(20(29)30)12-25-14-24-3/h5-6,11-12,24-25H,2,4,7-10,13-14,23H2,1,3H3,(H,29,30)/b17-12-,26-21+. The van der Waals surface area contributed by atoms with Gasteiger partial charge in [0, 0.05) is 43.8 Å². The lowest BCUT2D eigenvalue weighted by molar-refractivity contribution is -0.130. The maximum Gasteiger partial charge on any atom is 0.337 e. The molecular formula is C21H31FN6O2S2. The average Bonchev–Trinajstić information content (AvgIpc) is 2.79. The summed E-state index contributed by atoms with van der Waals surface area (Å²) in [6, 6.07) is 4.56. The van der Waals surface area contributed by atoms with E-state index in [1.165, 1.54) is 12.3 Å². The van der Waals surface area contributed by atoms with Crippen molar-refractivity contribution in [3.63, 3.8) is 0 Å². The Bertz CT molecular complexity index is 857. The number of hydrazone groups is 1. The van der Waals surface area contributed by atoms with Crippen LogP contribution in [0.2, 0.25) is 0 Å². The normalized spacial score (nSPS) is 15.1. The molecule has 0 bridgehead atoms. The van der Waals surface area contributed by atoms with E-state index in [0.717, 1.165) is 28.9 Å². The molecule has 8 nitrogen and oxygen atoms in total. The van der Waals surface area contributed by atoms with E-state index in [-0.39, 0.29) is 5.57 Å². The zero-order valence-corrected chi connectivity index (χ0v) is 20.1. The van der Waals surface area contributed by atoms with Crippen LogP contribution in [-0.4, -0.2) is 71.8 Å². The third-order valence-electron chi connectivity index (χ3n) is 4.82. The number of rotatable bonds is 10. The number of nitrogens with one attached hydrogen (secondary N) is 2.